The first-order chi connectivity index (χ1) is 13.5. The van der Waals surface area contributed by atoms with E-state index in [1.165, 1.54) is 0 Å². The van der Waals surface area contributed by atoms with Crippen LogP contribution in [-0.4, -0.2) is 46.0 Å². The second-order valence-electron chi connectivity index (χ2n) is 7.27. The molecule has 0 aromatic heterocycles. The Balaban J connectivity index is 1.55. The van der Waals surface area contributed by atoms with E-state index in [-0.39, 0.29) is 29.6 Å². The quantitative estimate of drug-likeness (QED) is 0.729. The van der Waals surface area contributed by atoms with E-state index in [1.54, 1.807) is 11.0 Å². The molecular formula is C22H22N2O3S. The minimum absolute atomic E-state index is 0.152. The molecule has 2 saturated heterocycles. The highest BCUT2D eigenvalue weighted by Crippen LogP contribution is 2.33. The van der Waals surface area contributed by atoms with Gasteiger partial charge in [-0.05, 0) is 60.4 Å². The summed E-state index contributed by atoms with van der Waals surface area (Å²) in [5.41, 5.74) is 0.888. The van der Waals surface area contributed by atoms with Crippen LogP contribution in [0, 0.1) is 0 Å². The second-order valence-corrected chi connectivity index (χ2v) is 8.26. The van der Waals surface area contributed by atoms with Crippen molar-refractivity contribution in [1.29, 1.82) is 0 Å². The van der Waals surface area contributed by atoms with Gasteiger partial charge in [0.05, 0.1) is 4.91 Å². The summed E-state index contributed by atoms with van der Waals surface area (Å²) < 4.78 is 0. The molecule has 1 atom stereocenters. The molecule has 2 heterocycles. The maximum absolute atomic E-state index is 12.8. The average molecular weight is 394 g/mol. The minimum atomic E-state index is -0.388. The molecule has 5 nitrogen and oxygen atoms in total. The molecule has 144 valence electrons. The van der Waals surface area contributed by atoms with Crippen molar-refractivity contribution in [2.75, 3.05) is 13.1 Å². The van der Waals surface area contributed by atoms with Gasteiger partial charge in [0.1, 0.15) is 6.54 Å². The van der Waals surface area contributed by atoms with E-state index >= 15 is 0 Å². The lowest BCUT2D eigenvalue weighted by Gasteiger charge is -2.34. The number of imide groups is 1. The van der Waals surface area contributed by atoms with E-state index in [1.807, 2.05) is 49.4 Å². The first-order valence-corrected chi connectivity index (χ1v) is 10.4. The molecule has 0 unspecified atom stereocenters. The maximum Gasteiger partial charge on any atom is 0.294 e. The molecule has 0 bridgehead atoms. The molecule has 2 fully saturated rings. The number of likely N-dealkylation sites (tertiary alicyclic amines) is 1. The van der Waals surface area contributed by atoms with Crippen molar-refractivity contribution in [3.05, 3.63) is 52.9 Å². The largest absolute Gasteiger partial charge is 0.338 e. The summed E-state index contributed by atoms with van der Waals surface area (Å²) >= 11 is 0.902. The molecule has 28 heavy (non-hydrogen) atoms. The average Bonchev–Trinajstić information content (AvgIpc) is 2.96. The van der Waals surface area contributed by atoms with Crippen LogP contribution < -0.4 is 0 Å². The van der Waals surface area contributed by atoms with Crippen LogP contribution in [0.4, 0.5) is 4.79 Å². The molecule has 3 amide bonds. The maximum atomic E-state index is 12.8. The highest BCUT2D eigenvalue weighted by molar-refractivity contribution is 8.18. The normalized spacial score (nSPS) is 21.8. The highest BCUT2D eigenvalue weighted by Gasteiger charge is 2.38. The Kier molecular flexibility index (Phi) is 5.22. The van der Waals surface area contributed by atoms with Gasteiger partial charge < -0.3 is 4.90 Å². The van der Waals surface area contributed by atoms with Gasteiger partial charge in [0.2, 0.25) is 5.91 Å². The fourth-order valence-electron chi connectivity index (χ4n) is 3.85. The van der Waals surface area contributed by atoms with Crippen molar-refractivity contribution in [3.8, 4) is 0 Å². The van der Waals surface area contributed by atoms with E-state index in [2.05, 4.69) is 0 Å². The molecule has 0 spiro atoms. The third-order valence-electron chi connectivity index (χ3n) is 5.40. The van der Waals surface area contributed by atoms with Crippen molar-refractivity contribution < 1.29 is 14.4 Å². The van der Waals surface area contributed by atoms with Crippen LogP contribution in [0.15, 0.2) is 47.4 Å². The predicted octanol–water partition coefficient (Wildman–Crippen LogP) is 4.28. The topological polar surface area (TPSA) is 57.7 Å². The van der Waals surface area contributed by atoms with Gasteiger partial charge in [0, 0.05) is 12.6 Å². The van der Waals surface area contributed by atoms with Crippen LogP contribution in [0.1, 0.15) is 31.7 Å². The summed E-state index contributed by atoms with van der Waals surface area (Å²) in [5.74, 6) is -0.540. The van der Waals surface area contributed by atoms with Gasteiger partial charge in [-0.2, -0.15) is 0 Å². The van der Waals surface area contributed by atoms with Crippen LogP contribution in [0.25, 0.3) is 16.8 Å². The van der Waals surface area contributed by atoms with Crippen LogP contribution in [0.2, 0.25) is 0 Å². The summed E-state index contributed by atoms with van der Waals surface area (Å²) in [6.07, 6.45) is 4.80. The zero-order chi connectivity index (χ0) is 19.7. The number of benzene rings is 2. The van der Waals surface area contributed by atoms with Gasteiger partial charge in [0.15, 0.2) is 0 Å². The first kappa shape index (κ1) is 18.7. The van der Waals surface area contributed by atoms with E-state index in [4.69, 9.17) is 0 Å². The Morgan fingerprint density at radius 2 is 1.93 bits per heavy atom. The summed E-state index contributed by atoms with van der Waals surface area (Å²) in [7, 11) is 0. The van der Waals surface area contributed by atoms with Crippen molar-refractivity contribution in [3.63, 3.8) is 0 Å². The number of carbonyl (C=O) groups is 3. The van der Waals surface area contributed by atoms with Crippen LogP contribution >= 0.6 is 11.8 Å². The zero-order valence-electron chi connectivity index (χ0n) is 15.8. The smallest absolute Gasteiger partial charge is 0.294 e. The first-order valence-electron chi connectivity index (χ1n) is 9.57. The number of hydrogen-bond acceptors (Lipinski definition) is 4. The molecule has 0 radical (unpaired) electrons. The number of thioether (sulfide) groups is 1. The van der Waals surface area contributed by atoms with E-state index in [9.17, 15) is 14.4 Å². The summed E-state index contributed by atoms with van der Waals surface area (Å²) in [6.45, 7) is 2.54. The molecule has 2 aromatic carbocycles. The third-order valence-corrected chi connectivity index (χ3v) is 6.31. The van der Waals surface area contributed by atoms with Crippen molar-refractivity contribution in [1.82, 2.24) is 9.80 Å². The van der Waals surface area contributed by atoms with Crippen LogP contribution in [0.5, 0.6) is 0 Å². The lowest BCUT2D eigenvalue weighted by Crippen LogP contribution is -2.47. The summed E-state index contributed by atoms with van der Waals surface area (Å²) in [5, 5.41) is 1.72. The van der Waals surface area contributed by atoms with Gasteiger partial charge in [0.25, 0.3) is 11.1 Å². The molecule has 2 aromatic rings. The molecule has 0 saturated carbocycles. The van der Waals surface area contributed by atoms with Gasteiger partial charge >= 0.3 is 0 Å². The van der Waals surface area contributed by atoms with E-state index < -0.39 is 0 Å². The molecule has 0 N–H and O–H groups in total. The molecular weight excluding hydrogens is 372 g/mol. The van der Waals surface area contributed by atoms with Crippen molar-refractivity contribution in [2.45, 2.75) is 32.2 Å². The van der Waals surface area contributed by atoms with Crippen LogP contribution in [-0.2, 0) is 9.59 Å². The number of nitrogens with zero attached hydrogens (tertiary/aromatic N) is 2. The molecule has 2 aliphatic heterocycles. The highest BCUT2D eigenvalue weighted by atomic mass is 32.2. The van der Waals surface area contributed by atoms with Crippen molar-refractivity contribution >= 4 is 45.7 Å². The lowest BCUT2D eigenvalue weighted by atomic mass is 10.0. The minimum Gasteiger partial charge on any atom is -0.338 e. The Hall–Kier alpha value is -2.60. The van der Waals surface area contributed by atoms with E-state index in [0.29, 0.717) is 11.4 Å². The number of carbonyl (C=O) groups excluding carboxylic acids is 3. The fraction of sp³-hybridized carbons (Fsp3) is 0.318. The Morgan fingerprint density at radius 1 is 1.14 bits per heavy atom. The van der Waals surface area contributed by atoms with Gasteiger partial charge in [-0.3, -0.25) is 19.3 Å². The number of hydrogen-bond donors (Lipinski definition) is 0. The molecule has 4 rings (SSSR count). The van der Waals surface area contributed by atoms with E-state index in [0.717, 1.165) is 52.3 Å². The van der Waals surface area contributed by atoms with Gasteiger partial charge in [-0.1, -0.05) is 42.5 Å². The van der Waals surface area contributed by atoms with Crippen LogP contribution in [0.3, 0.4) is 0 Å². The van der Waals surface area contributed by atoms with Crippen molar-refractivity contribution in [2.24, 2.45) is 0 Å². The predicted molar refractivity (Wildman–Crippen MR) is 112 cm³/mol. The molecule has 0 aliphatic carbocycles. The second kappa shape index (κ2) is 7.80. The number of piperidine rings is 1. The van der Waals surface area contributed by atoms with Gasteiger partial charge in [-0.25, -0.2) is 0 Å². The zero-order valence-corrected chi connectivity index (χ0v) is 16.6. The lowest BCUT2D eigenvalue weighted by molar-refractivity contribution is -0.138. The standard InChI is InChI=1S/C22H22N2O3S/c1-15-7-4-5-12-23(15)20(25)14-24-21(26)19(28-22(24)27)13-17-10-6-9-16-8-2-3-11-18(16)17/h2-3,6,8-11,13,15H,4-5,7,12,14H2,1H3/b19-13-/t15-/m0/s1. The Bertz CT molecular complexity index is 979. The number of amides is 3. The third kappa shape index (κ3) is 3.56. The SMILES string of the molecule is C[C@H]1CCCCN1C(=O)CN1C(=O)S/C(=C\c2cccc3ccccc23)C1=O. The molecule has 2 aliphatic rings. The molecule has 6 heteroatoms. The number of fused-ring (bicyclic) bond motifs is 1. The van der Waals surface area contributed by atoms with Gasteiger partial charge in [-0.15, -0.1) is 0 Å². The Morgan fingerprint density at radius 3 is 2.75 bits per heavy atom. The summed E-state index contributed by atoms with van der Waals surface area (Å²) in [4.78, 5) is 41.1. The monoisotopic (exact) mass is 394 g/mol. The Labute approximate surface area is 168 Å². The fourth-order valence-corrected chi connectivity index (χ4v) is 4.68. The summed E-state index contributed by atoms with van der Waals surface area (Å²) in [6, 6.07) is 13.9. The number of rotatable bonds is 3.